The number of hydrogen-bond acceptors (Lipinski definition) is 3. The van der Waals surface area contributed by atoms with Crippen LogP contribution in [0.3, 0.4) is 0 Å². The summed E-state index contributed by atoms with van der Waals surface area (Å²) in [6.45, 7) is 5.14. The molecule has 0 bridgehead atoms. The molecule has 0 aliphatic rings. The van der Waals surface area contributed by atoms with Gasteiger partial charge in [0.05, 0.1) is 4.90 Å². The lowest BCUT2D eigenvalue weighted by Crippen LogP contribution is -2.30. The van der Waals surface area contributed by atoms with Crippen LogP contribution in [0, 0.1) is 5.82 Å². The second-order valence-corrected chi connectivity index (χ2v) is 7.02. The average Bonchev–Trinajstić information content (AvgIpc) is 2.27. The maximum absolute atomic E-state index is 12.9. The van der Waals surface area contributed by atoms with Crippen LogP contribution >= 0.6 is 15.9 Å². The highest BCUT2D eigenvalue weighted by atomic mass is 79.9. The van der Waals surface area contributed by atoms with Gasteiger partial charge in [0, 0.05) is 17.1 Å². The second kappa shape index (κ2) is 7.33. The van der Waals surface area contributed by atoms with E-state index in [4.69, 9.17) is 0 Å². The molecule has 0 saturated carbocycles. The third kappa shape index (κ3) is 5.56. The van der Waals surface area contributed by atoms with Crippen molar-refractivity contribution >= 4 is 26.0 Å². The fourth-order valence-corrected chi connectivity index (χ4v) is 3.58. The quantitative estimate of drug-likeness (QED) is 0.740. The van der Waals surface area contributed by atoms with E-state index in [-0.39, 0.29) is 9.37 Å². The standard InChI is InChI=1S/C12H18BrFN2O2S/c1-9(2)15-6-3-7-16-19(17,18)12-5-4-10(14)8-11(12)13/h4-5,8-9,15-16H,3,6-7H2,1-2H3. The highest BCUT2D eigenvalue weighted by Crippen LogP contribution is 2.22. The number of nitrogens with one attached hydrogen (secondary N) is 2. The molecule has 0 radical (unpaired) electrons. The van der Waals surface area contributed by atoms with Crippen LogP contribution in [0.4, 0.5) is 4.39 Å². The summed E-state index contributed by atoms with van der Waals surface area (Å²) in [6.07, 6.45) is 0.691. The topological polar surface area (TPSA) is 58.2 Å². The third-order valence-electron chi connectivity index (χ3n) is 2.38. The molecule has 1 aromatic rings. The van der Waals surface area contributed by atoms with E-state index in [1.54, 1.807) is 0 Å². The van der Waals surface area contributed by atoms with Crippen LogP contribution in [0.25, 0.3) is 0 Å². The molecule has 0 atom stereocenters. The smallest absolute Gasteiger partial charge is 0.241 e. The molecule has 0 spiro atoms. The maximum Gasteiger partial charge on any atom is 0.241 e. The molecule has 0 aliphatic heterocycles. The predicted molar refractivity (Wildman–Crippen MR) is 77.0 cm³/mol. The lowest BCUT2D eigenvalue weighted by atomic mass is 10.3. The van der Waals surface area contributed by atoms with Gasteiger partial charge in [-0.15, -0.1) is 0 Å². The second-order valence-electron chi connectivity index (χ2n) is 4.43. The Kier molecular flexibility index (Phi) is 6.38. The van der Waals surface area contributed by atoms with Crippen molar-refractivity contribution in [3.8, 4) is 0 Å². The monoisotopic (exact) mass is 352 g/mol. The first-order valence-corrected chi connectivity index (χ1v) is 8.28. The summed E-state index contributed by atoms with van der Waals surface area (Å²) in [4.78, 5) is 0.0470. The summed E-state index contributed by atoms with van der Waals surface area (Å²) >= 11 is 3.05. The fraction of sp³-hybridized carbons (Fsp3) is 0.500. The number of hydrogen-bond donors (Lipinski definition) is 2. The minimum absolute atomic E-state index is 0.0470. The molecule has 1 aromatic carbocycles. The van der Waals surface area contributed by atoms with Crippen LogP contribution in [0.1, 0.15) is 20.3 Å². The van der Waals surface area contributed by atoms with Crippen molar-refractivity contribution in [2.24, 2.45) is 0 Å². The van der Waals surface area contributed by atoms with Gasteiger partial charge in [0.1, 0.15) is 5.82 Å². The Balaban J connectivity index is 2.56. The molecule has 1 rings (SSSR count). The molecule has 0 aliphatic carbocycles. The van der Waals surface area contributed by atoms with Crippen LogP contribution in [-0.4, -0.2) is 27.5 Å². The van der Waals surface area contributed by atoms with E-state index in [1.165, 1.54) is 6.07 Å². The van der Waals surface area contributed by atoms with Crippen molar-refractivity contribution in [2.45, 2.75) is 31.2 Å². The Labute approximate surface area is 122 Å². The molecule has 19 heavy (non-hydrogen) atoms. The van der Waals surface area contributed by atoms with Gasteiger partial charge in [0.15, 0.2) is 0 Å². The maximum atomic E-state index is 12.9. The Morgan fingerprint density at radius 1 is 1.32 bits per heavy atom. The lowest BCUT2D eigenvalue weighted by Gasteiger charge is -2.10. The number of sulfonamides is 1. The molecule has 0 heterocycles. The molecular formula is C12H18BrFN2O2S. The molecule has 0 saturated heterocycles. The molecular weight excluding hydrogens is 335 g/mol. The fourth-order valence-electron chi connectivity index (χ4n) is 1.46. The van der Waals surface area contributed by atoms with Crippen molar-refractivity contribution in [3.63, 3.8) is 0 Å². The van der Waals surface area contributed by atoms with Gasteiger partial charge in [0.25, 0.3) is 0 Å². The van der Waals surface area contributed by atoms with E-state index in [9.17, 15) is 12.8 Å². The largest absolute Gasteiger partial charge is 0.314 e. The Bertz CT molecular complexity index is 520. The third-order valence-corrected chi connectivity index (χ3v) is 4.82. The van der Waals surface area contributed by atoms with Crippen molar-refractivity contribution < 1.29 is 12.8 Å². The molecule has 0 fully saturated rings. The minimum Gasteiger partial charge on any atom is -0.314 e. The Morgan fingerprint density at radius 3 is 2.58 bits per heavy atom. The summed E-state index contributed by atoms with van der Waals surface area (Å²) in [7, 11) is -3.60. The van der Waals surface area contributed by atoms with Gasteiger partial charge in [-0.1, -0.05) is 13.8 Å². The summed E-state index contributed by atoms with van der Waals surface area (Å²) < 4.78 is 39.6. The summed E-state index contributed by atoms with van der Waals surface area (Å²) in [5.41, 5.74) is 0. The van der Waals surface area contributed by atoms with E-state index in [2.05, 4.69) is 26.0 Å². The van der Waals surface area contributed by atoms with Gasteiger partial charge >= 0.3 is 0 Å². The zero-order chi connectivity index (χ0) is 14.5. The molecule has 0 unspecified atom stereocenters. The normalized spacial score (nSPS) is 12.1. The highest BCUT2D eigenvalue weighted by Gasteiger charge is 2.17. The van der Waals surface area contributed by atoms with Gasteiger partial charge in [-0.3, -0.25) is 0 Å². The molecule has 7 heteroatoms. The van der Waals surface area contributed by atoms with Crippen LogP contribution < -0.4 is 10.0 Å². The first-order valence-electron chi connectivity index (χ1n) is 6.01. The van der Waals surface area contributed by atoms with Crippen LogP contribution in [0.15, 0.2) is 27.6 Å². The van der Waals surface area contributed by atoms with Crippen molar-refractivity contribution in [1.29, 1.82) is 0 Å². The Morgan fingerprint density at radius 2 is 2.00 bits per heavy atom. The zero-order valence-corrected chi connectivity index (χ0v) is 13.3. The molecule has 2 N–H and O–H groups in total. The number of rotatable bonds is 7. The van der Waals surface area contributed by atoms with Crippen molar-refractivity contribution in [1.82, 2.24) is 10.0 Å². The summed E-state index contributed by atoms with van der Waals surface area (Å²) in [5.74, 6) is -0.480. The van der Waals surface area contributed by atoms with Crippen LogP contribution in [-0.2, 0) is 10.0 Å². The first-order chi connectivity index (χ1) is 8.83. The van der Waals surface area contributed by atoms with E-state index >= 15 is 0 Å². The minimum atomic E-state index is -3.60. The van der Waals surface area contributed by atoms with E-state index in [0.717, 1.165) is 18.7 Å². The van der Waals surface area contributed by atoms with E-state index in [1.807, 2.05) is 13.8 Å². The van der Waals surface area contributed by atoms with Crippen molar-refractivity contribution in [3.05, 3.63) is 28.5 Å². The first kappa shape index (κ1) is 16.6. The summed E-state index contributed by atoms with van der Waals surface area (Å²) in [5, 5.41) is 3.20. The SMILES string of the molecule is CC(C)NCCCNS(=O)(=O)c1ccc(F)cc1Br. The van der Waals surface area contributed by atoms with Gasteiger partial charge < -0.3 is 5.32 Å². The van der Waals surface area contributed by atoms with E-state index in [0.29, 0.717) is 19.0 Å². The molecule has 0 aromatic heterocycles. The van der Waals surface area contributed by atoms with Crippen molar-refractivity contribution in [2.75, 3.05) is 13.1 Å². The van der Waals surface area contributed by atoms with Crippen LogP contribution in [0.5, 0.6) is 0 Å². The number of benzene rings is 1. The van der Waals surface area contributed by atoms with Gasteiger partial charge in [-0.2, -0.15) is 0 Å². The molecule has 4 nitrogen and oxygen atoms in total. The predicted octanol–water partition coefficient (Wildman–Crippen LogP) is 2.25. The van der Waals surface area contributed by atoms with Crippen LogP contribution in [0.2, 0.25) is 0 Å². The highest BCUT2D eigenvalue weighted by molar-refractivity contribution is 9.10. The van der Waals surface area contributed by atoms with Gasteiger partial charge in [0.2, 0.25) is 10.0 Å². The lowest BCUT2D eigenvalue weighted by molar-refractivity contribution is 0.554. The zero-order valence-electron chi connectivity index (χ0n) is 10.9. The molecule has 0 amide bonds. The van der Waals surface area contributed by atoms with E-state index < -0.39 is 15.8 Å². The molecule has 108 valence electrons. The number of halogens is 2. The van der Waals surface area contributed by atoms with Gasteiger partial charge in [-0.25, -0.2) is 17.5 Å². The average molecular weight is 353 g/mol. The van der Waals surface area contributed by atoms with Gasteiger partial charge in [-0.05, 0) is 47.1 Å². The summed E-state index contributed by atoms with van der Waals surface area (Å²) in [6, 6.07) is 3.88. The Hall–Kier alpha value is -0.500.